The molecule has 0 bridgehead atoms. The monoisotopic (exact) mass is 381 g/mol. The van der Waals surface area contributed by atoms with E-state index in [1.165, 1.54) is 0 Å². The molecule has 0 heterocycles. The van der Waals surface area contributed by atoms with Gasteiger partial charge in [0.25, 0.3) is 5.91 Å². The van der Waals surface area contributed by atoms with Gasteiger partial charge in [-0.05, 0) is 56.3 Å². The molecule has 3 rings (SSSR count). The second-order valence-corrected chi connectivity index (χ2v) is 6.55. The van der Waals surface area contributed by atoms with Gasteiger partial charge in [-0.15, -0.1) is 0 Å². The van der Waals surface area contributed by atoms with Gasteiger partial charge in [0.2, 0.25) is 0 Å². The highest BCUT2D eigenvalue weighted by atomic mass is 35.5. The summed E-state index contributed by atoms with van der Waals surface area (Å²) >= 11 is 6.09. The minimum atomic E-state index is -0.684. The molecular weight excluding hydrogens is 362 g/mol. The van der Waals surface area contributed by atoms with E-state index in [9.17, 15) is 4.79 Å². The average molecular weight is 382 g/mol. The van der Waals surface area contributed by atoms with E-state index in [2.05, 4.69) is 5.32 Å². The highest BCUT2D eigenvalue weighted by Crippen LogP contribution is 2.32. The van der Waals surface area contributed by atoms with Crippen LogP contribution in [0.1, 0.15) is 12.5 Å². The first kappa shape index (κ1) is 18.8. The van der Waals surface area contributed by atoms with Gasteiger partial charge in [-0.25, -0.2) is 0 Å². The van der Waals surface area contributed by atoms with Crippen LogP contribution in [0.5, 0.6) is 17.2 Å². The van der Waals surface area contributed by atoms with Crippen molar-refractivity contribution in [1.82, 2.24) is 0 Å². The minimum Gasteiger partial charge on any atom is -0.481 e. The molecule has 0 aliphatic heterocycles. The average Bonchev–Trinajstić information content (AvgIpc) is 2.66. The van der Waals surface area contributed by atoms with Crippen LogP contribution in [0.2, 0.25) is 5.02 Å². The molecule has 138 valence electrons. The number of rotatable bonds is 6. The van der Waals surface area contributed by atoms with E-state index in [0.29, 0.717) is 28.0 Å². The van der Waals surface area contributed by atoms with Crippen molar-refractivity contribution in [2.24, 2.45) is 0 Å². The predicted molar refractivity (Wildman–Crippen MR) is 108 cm³/mol. The number of hydrogen-bond acceptors (Lipinski definition) is 3. The largest absolute Gasteiger partial charge is 0.481 e. The molecule has 0 fully saturated rings. The number of amides is 1. The van der Waals surface area contributed by atoms with Crippen LogP contribution in [-0.2, 0) is 4.79 Å². The molecule has 0 aliphatic rings. The van der Waals surface area contributed by atoms with Gasteiger partial charge in [0.15, 0.2) is 11.9 Å². The van der Waals surface area contributed by atoms with Gasteiger partial charge in [0, 0.05) is 5.02 Å². The summed E-state index contributed by atoms with van der Waals surface area (Å²) in [6.45, 7) is 3.69. The summed E-state index contributed by atoms with van der Waals surface area (Å²) in [5, 5.41) is 3.33. The molecular formula is C22H20ClNO3. The molecule has 4 nitrogen and oxygen atoms in total. The topological polar surface area (TPSA) is 47.6 Å². The second kappa shape index (κ2) is 8.60. The van der Waals surface area contributed by atoms with Crippen LogP contribution >= 0.6 is 11.6 Å². The van der Waals surface area contributed by atoms with Crippen LogP contribution in [0.25, 0.3) is 0 Å². The van der Waals surface area contributed by atoms with Crippen LogP contribution < -0.4 is 14.8 Å². The molecule has 3 aromatic carbocycles. The highest BCUT2D eigenvalue weighted by Gasteiger charge is 2.17. The van der Waals surface area contributed by atoms with Crippen molar-refractivity contribution < 1.29 is 14.3 Å². The molecule has 0 saturated carbocycles. The maximum Gasteiger partial charge on any atom is 0.265 e. The maximum absolute atomic E-state index is 12.6. The van der Waals surface area contributed by atoms with Gasteiger partial charge in [-0.1, -0.05) is 47.5 Å². The molecule has 0 aromatic heterocycles. The van der Waals surface area contributed by atoms with Gasteiger partial charge < -0.3 is 14.8 Å². The molecule has 27 heavy (non-hydrogen) atoms. The second-order valence-electron chi connectivity index (χ2n) is 6.12. The van der Waals surface area contributed by atoms with Crippen LogP contribution in [0.15, 0.2) is 72.8 Å². The first-order chi connectivity index (χ1) is 13.0. The van der Waals surface area contributed by atoms with Crippen molar-refractivity contribution in [1.29, 1.82) is 0 Å². The molecule has 0 unspecified atom stereocenters. The van der Waals surface area contributed by atoms with Crippen molar-refractivity contribution in [3.8, 4) is 17.2 Å². The lowest BCUT2D eigenvalue weighted by Crippen LogP contribution is -2.30. The highest BCUT2D eigenvalue weighted by molar-refractivity contribution is 6.31. The Balaban J connectivity index is 1.72. The lowest BCUT2D eigenvalue weighted by molar-refractivity contribution is -0.122. The van der Waals surface area contributed by atoms with Gasteiger partial charge in [0.1, 0.15) is 11.5 Å². The Kier molecular flexibility index (Phi) is 5.99. The first-order valence-electron chi connectivity index (χ1n) is 8.58. The summed E-state index contributed by atoms with van der Waals surface area (Å²) in [4.78, 5) is 12.6. The van der Waals surface area contributed by atoms with Crippen LogP contribution in [0.3, 0.4) is 0 Å². The standard InChI is InChI=1S/C22H20ClNO3/c1-15-8-11-19(12-9-15)26-16(2)22(25)24-20-14-17(23)10-13-21(20)27-18-6-4-3-5-7-18/h3-14,16H,1-2H3,(H,24,25)/t16-/m0/s1. The molecule has 1 atom stereocenters. The van der Waals surface area contributed by atoms with E-state index in [1.807, 2.05) is 61.5 Å². The van der Waals surface area contributed by atoms with Crippen molar-refractivity contribution in [3.63, 3.8) is 0 Å². The number of benzene rings is 3. The smallest absolute Gasteiger partial charge is 0.265 e. The molecule has 1 amide bonds. The van der Waals surface area contributed by atoms with Gasteiger partial charge in [-0.2, -0.15) is 0 Å². The zero-order chi connectivity index (χ0) is 19.2. The Hall–Kier alpha value is -2.98. The van der Waals surface area contributed by atoms with E-state index >= 15 is 0 Å². The third-order valence-corrected chi connectivity index (χ3v) is 4.11. The number of aryl methyl sites for hydroxylation is 1. The summed E-state index contributed by atoms with van der Waals surface area (Å²) in [5.41, 5.74) is 1.61. The van der Waals surface area contributed by atoms with E-state index in [1.54, 1.807) is 25.1 Å². The molecule has 0 saturated heterocycles. The number of ether oxygens (including phenoxy) is 2. The third kappa shape index (κ3) is 5.25. The molecule has 3 aromatic rings. The summed E-state index contributed by atoms with van der Waals surface area (Å²) in [5.74, 6) is 1.51. The fourth-order valence-electron chi connectivity index (χ4n) is 2.41. The number of para-hydroxylation sites is 1. The number of nitrogens with one attached hydrogen (secondary N) is 1. The van der Waals surface area contributed by atoms with Crippen molar-refractivity contribution in [2.75, 3.05) is 5.32 Å². The zero-order valence-electron chi connectivity index (χ0n) is 15.1. The molecule has 1 N–H and O–H groups in total. The lowest BCUT2D eigenvalue weighted by atomic mass is 10.2. The molecule has 0 aliphatic carbocycles. The van der Waals surface area contributed by atoms with Crippen molar-refractivity contribution in [3.05, 3.63) is 83.4 Å². The summed E-state index contributed by atoms with van der Waals surface area (Å²) < 4.78 is 11.6. The third-order valence-electron chi connectivity index (χ3n) is 3.87. The van der Waals surface area contributed by atoms with E-state index < -0.39 is 6.10 Å². The van der Waals surface area contributed by atoms with E-state index in [4.69, 9.17) is 21.1 Å². The lowest BCUT2D eigenvalue weighted by Gasteiger charge is -2.17. The van der Waals surface area contributed by atoms with Gasteiger partial charge in [-0.3, -0.25) is 4.79 Å². The Morgan fingerprint density at radius 3 is 2.37 bits per heavy atom. The van der Waals surface area contributed by atoms with Crippen molar-refractivity contribution in [2.45, 2.75) is 20.0 Å². The van der Waals surface area contributed by atoms with Crippen LogP contribution in [0, 0.1) is 6.92 Å². The van der Waals surface area contributed by atoms with Crippen LogP contribution in [0.4, 0.5) is 5.69 Å². The summed E-state index contributed by atoms with van der Waals surface area (Å²) in [7, 11) is 0. The minimum absolute atomic E-state index is 0.296. The fraction of sp³-hybridized carbons (Fsp3) is 0.136. The zero-order valence-corrected chi connectivity index (χ0v) is 15.9. The van der Waals surface area contributed by atoms with Gasteiger partial charge >= 0.3 is 0 Å². The van der Waals surface area contributed by atoms with Gasteiger partial charge in [0.05, 0.1) is 5.69 Å². The van der Waals surface area contributed by atoms with Crippen LogP contribution in [-0.4, -0.2) is 12.0 Å². The number of carbonyl (C=O) groups is 1. The Morgan fingerprint density at radius 2 is 1.67 bits per heavy atom. The number of hydrogen-bond donors (Lipinski definition) is 1. The number of anilines is 1. The molecule has 0 spiro atoms. The van der Waals surface area contributed by atoms with E-state index in [-0.39, 0.29) is 5.91 Å². The number of carbonyl (C=O) groups excluding carboxylic acids is 1. The number of halogens is 1. The fourth-order valence-corrected chi connectivity index (χ4v) is 2.59. The molecule has 5 heteroatoms. The molecule has 0 radical (unpaired) electrons. The quantitative estimate of drug-likeness (QED) is 0.582. The Labute approximate surface area is 163 Å². The van der Waals surface area contributed by atoms with E-state index in [0.717, 1.165) is 5.56 Å². The Morgan fingerprint density at radius 1 is 0.963 bits per heavy atom. The maximum atomic E-state index is 12.6. The summed E-state index contributed by atoms with van der Waals surface area (Å²) in [6, 6.07) is 21.9. The summed E-state index contributed by atoms with van der Waals surface area (Å²) in [6.07, 6.45) is -0.684. The normalized spacial score (nSPS) is 11.5. The predicted octanol–water partition coefficient (Wildman–Crippen LogP) is 5.85. The SMILES string of the molecule is Cc1ccc(O[C@@H](C)C(=O)Nc2cc(Cl)ccc2Oc2ccccc2)cc1. The Bertz CT molecular complexity index is 911. The first-order valence-corrected chi connectivity index (χ1v) is 8.96. The van der Waals surface area contributed by atoms with Crippen molar-refractivity contribution >= 4 is 23.2 Å².